The second-order valence-electron chi connectivity index (χ2n) is 5.00. The molecule has 0 spiro atoms. The SMILES string of the molecule is CC(C)C(C)(CBr)CCOc1cccc(Br)c1. The van der Waals surface area contributed by atoms with Crippen LogP contribution in [0.5, 0.6) is 5.75 Å². The lowest BCUT2D eigenvalue weighted by Crippen LogP contribution is -2.27. The Bertz CT molecular complexity index is 352. The summed E-state index contributed by atoms with van der Waals surface area (Å²) in [5, 5.41) is 1.01. The Morgan fingerprint density at radius 3 is 2.59 bits per heavy atom. The van der Waals surface area contributed by atoms with Crippen LogP contribution in [0.1, 0.15) is 27.2 Å². The van der Waals surface area contributed by atoms with E-state index in [-0.39, 0.29) is 0 Å². The van der Waals surface area contributed by atoms with Gasteiger partial charge in [0.1, 0.15) is 5.75 Å². The maximum Gasteiger partial charge on any atom is 0.120 e. The van der Waals surface area contributed by atoms with Crippen molar-refractivity contribution in [2.75, 3.05) is 11.9 Å². The first-order valence-corrected chi connectivity index (χ1v) is 7.84. The van der Waals surface area contributed by atoms with Crippen molar-refractivity contribution in [2.24, 2.45) is 11.3 Å². The molecule has 0 aliphatic rings. The Kier molecular flexibility index (Phi) is 6.01. The van der Waals surface area contributed by atoms with E-state index < -0.39 is 0 Å². The maximum absolute atomic E-state index is 5.78. The molecule has 1 atom stereocenters. The van der Waals surface area contributed by atoms with Crippen LogP contribution in [-0.4, -0.2) is 11.9 Å². The van der Waals surface area contributed by atoms with Crippen LogP contribution < -0.4 is 4.74 Å². The fourth-order valence-corrected chi connectivity index (χ4v) is 2.77. The molecule has 0 heterocycles. The quantitative estimate of drug-likeness (QED) is 0.625. The number of halogens is 2. The number of hydrogen-bond acceptors (Lipinski definition) is 1. The largest absolute Gasteiger partial charge is 0.494 e. The molecule has 0 radical (unpaired) electrons. The van der Waals surface area contributed by atoms with Crippen molar-refractivity contribution in [1.82, 2.24) is 0 Å². The first-order valence-electron chi connectivity index (χ1n) is 5.92. The summed E-state index contributed by atoms with van der Waals surface area (Å²) in [6, 6.07) is 7.99. The summed E-state index contributed by atoms with van der Waals surface area (Å²) in [5.74, 6) is 1.58. The molecule has 0 saturated heterocycles. The van der Waals surface area contributed by atoms with Crippen molar-refractivity contribution < 1.29 is 4.74 Å². The highest BCUT2D eigenvalue weighted by molar-refractivity contribution is 9.10. The zero-order chi connectivity index (χ0) is 12.9. The van der Waals surface area contributed by atoms with Crippen molar-refractivity contribution >= 4 is 31.9 Å². The normalized spacial score (nSPS) is 14.7. The van der Waals surface area contributed by atoms with Crippen LogP contribution in [0.2, 0.25) is 0 Å². The van der Waals surface area contributed by atoms with Gasteiger partial charge in [0.05, 0.1) is 6.61 Å². The summed E-state index contributed by atoms with van der Waals surface area (Å²) in [6.07, 6.45) is 1.06. The smallest absolute Gasteiger partial charge is 0.120 e. The highest BCUT2D eigenvalue weighted by Gasteiger charge is 2.26. The summed E-state index contributed by atoms with van der Waals surface area (Å²) >= 11 is 7.05. The molecule has 0 aliphatic carbocycles. The molecular formula is C14H20Br2O. The summed E-state index contributed by atoms with van der Waals surface area (Å²) in [7, 11) is 0. The zero-order valence-corrected chi connectivity index (χ0v) is 13.8. The maximum atomic E-state index is 5.78. The lowest BCUT2D eigenvalue weighted by molar-refractivity contribution is 0.181. The molecule has 0 saturated carbocycles. The second-order valence-corrected chi connectivity index (χ2v) is 6.47. The molecule has 0 amide bonds. The molecule has 1 nitrogen and oxygen atoms in total. The van der Waals surface area contributed by atoms with Gasteiger partial charge in [-0.05, 0) is 36.0 Å². The monoisotopic (exact) mass is 362 g/mol. The van der Waals surface area contributed by atoms with Crippen molar-refractivity contribution in [1.29, 1.82) is 0 Å². The predicted molar refractivity (Wildman–Crippen MR) is 81.0 cm³/mol. The number of ether oxygens (including phenoxy) is 1. The van der Waals surface area contributed by atoms with Crippen LogP contribution in [0, 0.1) is 11.3 Å². The van der Waals surface area contributed by atoms with Crippen LogP contribution in [0.4, 0.5) is 0 Å². The molecule has 0 aromatic heterocycles. The fourth-order valence-electron chi connectivity index (χ4n) is 1.47. The topological polar surface area (TPSA) is 9.23 Å². The Morgan fingerprint density at radius 2 is 2.06 bits per heavy atom. The summed E-state index contributed by atoms with van der Waals surface area (Å²) < 4.78 is 6.84. The number of rotatable bonds is 6. The van der Waals surface area contributed by atoms with Gasteiger partial charge in [0, 0.05) is 9.80 Å². The first kappa shape index (κ1) is 15.0. The average Bonchev–Trinajstić information content (AvgIpc) is 2.28. The number of hydrogen-bond donors (Lipinski definition) is 0. The van der Waals surface area contributed by atoms with Gasteiger partial charge < -0.3 is 4.74 Å². The van der Waals surface area contributed by atoms with Crippen molar-refractivity contribution in [3.8, 4) is 5.75 Å². The van der Waals surface area contributed by atoms with E-state index in [0.717, 1.165) is 28.6 Å². The van der Waals surface area contributed by atoms with Crippen molar-refractivity contribution in [2.45, 2.75) is 27.2 Å². The third kappa shape index (κ3) is 4.63. The Hall–Kier alpha value is -0.0200. The molecule has 1 unspecified atom stereocenters. The summed E-state index contributed by atoms with van der Waals surface area (Å²) in [6.45, 7) is 7.59. The van der Waals surface area contributed by atoms with Gasteiger partial charge in [0.2, 0.25) is 0 Å². The Labute approximate surface area is 121 Å². The minimum absolute atomic E-state index is 0.298. The molecule has 96 valence electrons. The molecule has 0 bridgehead atoms. The summed E-state index contributed by atoms with van der Waals surface area (Å²) in [4.78, 5) is 0. The Morgan fingerprint density at radius 1 is 1.35 bits per heavy atom. The molecule has 3 heteroatoms. The van der Waals surface area contributed by atoms with E-state index in [2.05, 4.69) is 52.6 Å². The van der Waals surface area contributed by atoms with Crippen LogP contribution >= 0.6 is 31.9 Å². The van der Waals surface area contributed by atoms with Gasteiger partial charge in [0.25, 0.3) is 0 Å². The minimum atomic E-state index is 0.298. The molecule has 0 N–H and O–H groups in total. The van der Waals surface area contributed by atoms with E-state index in [4.69, 9.17) is 4.74 Å². The van der Waals surface area contributed by atoms with E-state index in [1.807, 2.05) is 24.3 Å². The van der Waals surface area contributed by atoms with Crippen molar-refractivity contribution in [3.63, 3.8) is 0 Å². The van der Waals surface area contributed by atoms with Gasteiger partial charge in [-0.1, -0.05) is 58.7 Å². The van der Waals surface area contributed by atoms with Crippen LogP contribution in [0.3, 0.4) is 0 Å². The van der Waals surface area contributed by atoms with Gasteiger partial charge in [-0.3, -0.25) is 0 Å². The third-order valence-corrected chi connectivity index (χ3v) is 5.21. The van der Waals surface area contributed by atoms with Gasteiger partial charge in [-0.15, -0.1) is 0 Å². The molecule has 17 heavy (non-hydrogen) atoms. The molecule has 1 aromatic rings. The summed E-state index contributed by atoms with van der Waals surface area (Å²) in [5.41, 5.74) is 0.298. The standard InChI is InChI=1S/C14H20Br2O/c1-11(2)14(3,10-15)7-8-17-13-6-4-5-12(16)9-13/h4-6,9,11H,7-8,10H2,1-3H3. The van der Waals surface area contributed by atoms with Crippen LogP contribution in [0.15, 0.2) is 28.7 Å². The average molecular weight is 364 g/mol. The van der Waals surface area contributed by atoms with Crippen LogP contribution in [-0.2, 0) is 0 Å². The molecule has 1 rings (SSSR count). The van der Waals surface area contributed by atoms with Gasteiger partial charge in [-0.25, -0.2) is 0 Å². The van der Waals surface area contributed by atoms with Gasteiger partial charge >= 0.3 is 0 Å². The van der Waals surface area contributed by atoms with Crippen molar-refractivity contribution in [3.05, 3.63) is 28.7 Å². The number of benzene rings is 1. The highest BCUT2D eigenvalue weighted by Crippen LogP contribution is 2.33. The van der Waals surface area contributed by atoms with E-state index in [0.29, 0.717) is 11.3 Å². The Balaban J connectivity index is 2.47. The second kappa shape index (κ2) is 6.79. The van der Waals surface area contributed by atoms with Gasteiger partial charge in [0.15, 0.2) is 0 Å². The van der Waals surface area contributed by atoms with E-state index in [1.165, 1.54) is 0 Å². The minimum Gasteiger partial charge on any atom is -0.494 e. The fraction of sp³-hybridized carbons (Fsp3) is 0.571. The van der Waals surface area contributed by atoms with E-state index in [1.54, 1.807) is 0 Å². The highest BCUT2D eigenvalue weighted by atomic mass is 79.9. The van der Waals surface area contributed by atoms with E-state index >= 15 is 0 Å². The predicted octanol–water partition coefficient (Wildman–Crippen LogP) is 5.28. The number of alkyl halides is 1. The van der Waals surface area contributed by atoms with E-state index in [9.17, 15) is 0 Å². The molecule has 0 fully saturated rings. The molecule has 1 aromatic carbocycles. The zero-order valence-electron chi connectivity index (χ0n) is 10.7. The molecular weight excluding hydrogens is 344 g/mol. The first-order chi connectivity index (χ1) is 7.98. The third-order valence-electron chi connectivity index (χ3n) is 3.44. The van der Waals surface area contributed by atoms with Gasteiger partial charge in [-0.2, -0.15) is 0 Å². The molecule has 0 aliphatic heterocycles. The lowest BCUT2D eigenvalue weighted by atomic mass is 9.78. The van der Waals surface area contributed by atoms with Crippen LogP contribution in [0.25, 0.3) is 0 Å². The lowest BCUT2D eigenvalue weighted by Gasteiger charge is -2.31.